The van der Waals surface area contributed by atoms with E-state index < -0.39 is 25.8 Å². The molecule has 7 nitrogen and oxygen atoms in total. The molecule has 1 aromatic carbocycles. The summed E-state index contributed by atoms with van der Waals surface area (Å²) in [6.07, 6.45) is 0. The number of primary sulfonamides is 1. The molecule has 0 amide bonds. The van der Waals surface area contributed by atoms with Crippen LogP contribution in [0.1, 0.15) is 11.1 Å². The predicted octanol–water partition coefficient (Wildman–Crippen LogP) is -0.979. The molecule has 0 fully saturated rings. The predicted molar refractivity (Wildman–Crippen MR) is 72.2 cm³/mol. The van der Waals surface area contributed by atoms with E-state index in [1.165, 1.54) is 12.1 Å². The molecule has 19 heavy (non-hydrogen) atoms. The van der Waals surface area contributed by atoms with Gasteiger partial charge in [-0.2, -0.15) is 0 Å². The van der Waals surface area contributed by atoms with Gasteiger partial charge in [0.15, 0.2) is 0 Å². The zero-order chi connectivity index (χ0) is 14.7. The summed E-state index contributed by atoms with van der Waals surface area (Å²) >= 11 is 0. The SMILES string of the molecule is Cc1cc(S(=O)(=O)NCCS(N)(=O)=O)ccc1CN. The van der Waals surface area contributed by atoms with Crippen LogP contribution in [0.25, 0.3) is 0 Å². The number of rotatable bonds is 6. The first-order valence-electron chi connectivity index (χ1n) is 5.45. The first kappa shape index (κ1) is 16.1. The monoisotopic (exact) mass is 307 g/mol. The summed E-state index contributed by atoms with van der Waals surface area (Å²) in [7, 11) is -7.43. The summed E-state index contributed by atoms with van der Waals surface area (Å²) in [6, 6.07) is 4.54. The summed E-state index contributed by atoms with van der Waals surface area (Å²) in [4.78, 5) is 0.0663. The summed E-state index contributed by atoms with van der Waals surface area (Å²) in [5, 5.41) is 4.79. The first-order chi connectivity index (χ1) is 8.65. The van der Waals surface area contributed by atoms with Crippen molar-refractivity contribution in [2.75, 3.05) is 12.3 Å². The smallest absolute Gasteiger partial charge is 0.240 e. The molecule has 0 heterocycles. The molecule has 0 radical (unpaired) electrons. The minimum absolute atomic E-state index is 0.0663. The summed E-state index contributed by atoms with van der Waals surface area (Å²) in [6.45, 7) is 1.81. The molecule has 0 bridgehead atoms. The maximum Gasteiger partial charge on any atom is 0.240 e. The number of hydrogen-bond acceptors (Lipinski definition) is 5. The van der Waals surface area contributed by atoms with Crippen LogP contribution in [-0.2, 0) is 26.6 Å². The minimum Gasteiger partial charge on any atom is -0.326 e. The summed E-state index contributed by atoms with van der Waals surface area (Å²) in [5.41, 5.74) is 7.10. The van der Waals surface area contributed by atoms with Crippen molar-refractivity contribution in [3.8, 4) is 0 Å². The van der Waals surface area contributed by atoms with E-state index in [4.69, 9.17) is 10.9 Å². The Morgan fingerprint density at radius 1 is 1.21 bits per heavy atom. The van der Waals surface area contributed by atoms with Crippen LogP contribution in [0.5, 0.6) is 0 Å². The zero-order valence-electron chi connectivity index (χ0n) is 10.5. The Labute approximate surface area is 113 Å². The maximum atomic E-state index is 11.9. The topological polar surface area (TPSA) is 132 Å². The molecular weight excluding hydrogens is 290 g/mol. The van der Waals surface area contributed by atoms with Gasteiger partial charge >= 0.3 is 0 Å². The van der Waals surface area contributed by atoms with Crippen molar-refractivity contribution in [1.29, 1.82) is 0 Å². The lowest BCUT2D eigenvalue weighted by Gasteiger charge is -2.09. The Kier molecular flexibility index (Phi) is 5.04. The molecule has 0 saturated carbocycles. The highest BCUT2D eigenvalue weighted by atomic mass is 32.2. The van der Waals surface area contributed by atoms with Crippen molar-refractivity contribution in [2.24, 2.45) is 10.9 Å². The zero-order valence-corrected chi connectivity index (χ0v) is 12.1. The van der Waals surface area contributed by atoms with Gasteiger partial charge in [0, 0.05) is 13.1 Å². The standard InChI is InChI=1S/C10H17N3O4S2/c1-8-6-10(3-2-9(8)7-11)19(16,17)13-4-5-18(12,14)15/h2-3,6,13H,4-5,7,11H2,1H3,(H2,12,14,15). The van der Waals surface area contributed by atoms with Gasteiger partial charge in [-0.3, -0.25) is 0 Å². The van der Waals surface area contributed by atoms with Gasteiger partial charge in [0.2, 0.25) is 20.0 Å². The quantitative estimate of drug-likeness (QED) is 0.621. The van der Waals surface area contributed by atoms with Gasteiger partial charge in [0.25, 0.3) is 0 Å². The largest absolute Gasteiger partial charge is 0.326 e. The Morgan fingerprint density at radius 2 is 1.84 bits per heavy atom. The van der Waals surface area contributed by atoms with E-state index in [1.807, 2.05) is 0 Å². The van der Waals surface area contributed by atoms with Gasteiger partial charge in [-0.25, -0.2) is 26.7 Å². The second kappa shape index (κ2) is 5.97. The van der Waals surface area contributed by atoms with Gasteiger partial charge in [0.1, 0.15) is 0 Å². The van der Waals surface area contributed by atoms with Crippen LogP contribution >= 0.6 is 0 Å². The first-order valence-corrected chi connectivity index (χ1v) is 8.65. The molecule has 108 valence electrons. The van der Waals surface area contributed by atoms with Crippen LogP contribution in [-0.4, -0.2) is 29.1 Å². The lowest BCUT2D eigenvalue weighted by molar-refractivity contribution is 0.581. The lowest BCUT2D eigenvalue weighted by Crippen LogP contribution is -2.31. The van der Waals surface area contributed by atoms with E-state index in [0.29, 0.717) is 6.54 Å². The molecule has 0 spiro atoms. The highest BCUT2D eigenvalue weighted by Crippen LogP contribution is 2.14. The maximum absolute atomic E-state index is 11.9. The molecule has 1 aromatic rings. The molecule has 5 N–H and O–H groups in total. The molecule has 0 aromatic heterocycles. The summed E-state index contributed by atoms with van der Waals surface area (Å²) in [5.74, 6) is -0.452. The number of aryl methyl sites for hydroxylation is 1. The normalized spacial score (nSPS) is 12.6. The van der Waals surface area contributed by atoms with Gasteiger partial charge in [-0.1, -0.05) is 6.07 Å². The van der Waals surface area contributed by atoms with Crippen molar-refractivity contribution in [1.82, 2.24) is 4.72 Å². The fourth-order valence-corrected chi connectivity index (χ4v) is 3.10. The van der Waals surface area contributed by atoms with Crippen molar-refractivity contribution in [3.63, 3.8) is 0 Å². The summed E-state index contributed by atoms with van der Waals surface area (Å²) < 4.78 is 47.4. The molecule has 0 aliphatic rings. The van der Waals surface area contributed by atoms with E-state index in [-0.39, 0.29) is 11.4 Å². The molecule has 0 aliphatic heterocycles. The lowest BCUT2D eigenvalue weighted by atomic mass is 10.1. The highest BCUT2D eigenvalue weighted by Gasteiger charge is 2.15. The van der Waals surface area contributed by atoms with Crippen molar-refractivity contribution < 1.29 is 16.8 Å². The van der Waals surface area contributed by atoms with Crippen LogP contribution in [0.4, 0.5) is 0 Å². The molecule has 1 rings (SSSR count). The van der Waals surface area contributed by atoms with Crippen LogP contribution in [0.3, 0.4) is 0 Å². The third-order valence-electron chi connectivity index (χ3n) is 2.52. The highest BCUT2D eigenvalue weighted by molar-refractivity contribution is 7.90. The van der Waals surface area contributed by atoms with Gasteiger partial charge in [-0.15, -0.1) is 0 Å². The van der Waals surface area contributed by atoms with Gasteiger partial charge in [0.05, 0.1) is 10.6 Å². The van der Waals surface area contributed by atoms with E-state index in [9.17, 15) is 16.8 Å². The van der Waals surface area contributed by atoms with E-state index in [1.54, 1.807) is 13.0 Å². The third-order valence-corrected chi connectivity index (χ3v) is 4.75. The van der Waals surface area contributed by atoms with Crippen LogP contribution in [0.2, 0.25) is 0 Å². The van der Waals surface area contributed by atoms with Crippen LogP contribution < -0.4 is 15.6 Å². The fraction of sp³-hybridized carbons (Fsp3) is 0.400. The van der Waals surface area contributed by atoms with Crippen molar-refractivity contribution in [3.05, 3.63) is 29.3 Å². The Balaban J connectivity index is 2.86. The number of sulfonamides is 2. The molecule has 0 unspecified atom stereocenters. The molecule has 0 atom stereocenters. The number of benzene rings is 1. The second-order valence-corrected chi connectivity index (χ2v) is 7.56. The van der Waals surface area contributed by atoms with E-state index in [0.717, 1.165) is 11.1 Å². The number of hydrogen-bond donors (Lipinski definition) is 3. The molecule has 0 aliphatic carbocycles. The van der Waals surface area contributed by atoms with E-state index in [2.05, 4.69) is 4.72 Å². The average molecular weight is 307 g/mol. The third kappa shape index (κ3) is 4.88. The molecular formula is C10H17N3O4S2. The average Bonchev–Trinajstić information content (AvgIpc) is 2.26. The Morgan fingerprint density at radius 3 is 2.32 bits per heavy atom. The minimum atomic E-state index is -3.74. The second-order valence-electron chi connectivity index (χ2n) is 4.06. The van der Waals surface area contributed by atoms with Crippen LogP contribution in [0.15, 0.2) is 23.1 Å². The number of nitrogens with two attached hydrogens (primary N) is 2. The van der Waals surface area contributed by atoms with Crippen molar-refractivity contribution >= 4 is 20.0 Å². The Hall–Kier alpha value is -1.00. The fourth-order valence-electron chi connectivity index (χ4n) is 1.47. The van der Waals surface area contributed by atoms with E-state index >= 15 is 0 Å². The van der Waals surface area contributed by atoms with Gasteiger partial charge < -0.3 is 5.73 Å². The molecule has 9 heteroatoms. The Bertz CT molecular complexity index is 653. The number of nitrogens with one attached hydrogen (secondary N) is 1. The van der Waals surface area contributed by atoms with Crippen LogP contribution in [0, 0.1) is 6.92 Å². The van der Waals surface area contributed by atoms with Gasteiger partial charge in [-0.05, 0) is 30.2 Å². The molecule has 0 saturated heterocycles. The van der Waals surface area contributed by atoms with Crippen molar-refractivity contribution in [2.45, 2.75) is 18.4 Å².